The van der Waals surface area contributed by atoms with Gasteiger partial charge in [0.15, 0.2) is 6.79 Å². The molecular weight excluding hydrogens is 220 g/mol. The lowest BCUT2D eigenvalue weighted by Gasteiger charge is -2.29. The number of para-hydroxylation sites is 1. The van der Waals surface area contributed by atoms with Gasteiger partial charge in [0, 0.05) is 16.5 Å². The molecule has 0 saturated heterocycles. The van der Waals surface area contributed by atoms with Gasteiger partial charge in [-0.3, -0.25) is 4.79 Å². The van der Waals surface area contributed by atoms with Gasteiger partial charge in [-0.1, -0.05) is 32.0 Å². The van der Waals surface area contributed by atoms with Crippen LogP contribution in [0.15, 0.2) is 18.2 Å². The summed E-state index contributed by atoms with van der Waals surface area (Å²) in [6.07, 6.45) is 0.0771. The minimum atomic E-state index is -0.806. The van der Waals surface area contributed by atoms with Gasteiger partial charge in [0.25, 0.3) is 0 Å². The summed E-state index contributed by atoms with van der Waals surface area (Å²) in [5.41, 5.74) is 1.46. The Hall–Kier alpha value is -1.55. The Bertz CT molecular complexity index is 437. The van der Waals surface area contributed by atoms with Crippen LogP contribution in [0.2, 0.25) is 0 Å². The average Bonchev–Trinajstić information content (AvgIpc) is 2.26. The third-order valence-corrected chi connectivity index (χ3v) is 2.96. The Kier molecular flexibility index (Phi) is 3.07. The minimum Gasteiger partial charge on any atom is -0.481 e. The maximum Gasteiger partial charge on any atom is 0.304 e. The Morgan fingerprint density at radius 2 is 2.24 bits per heavy atom. The summed E-state index contributed by atoms with van der Waals surface area (Å²) < 4.78 is 10.7. The van der Waals surface area contributed by atoms with Gasteiger partial charge in [-0.15, -0.1) is 0 Å². The van der Waals surface area contributed by atoms with Crippen molar-refractivity contribution in [3.05, 3.63) is 29.3 Å². The van der Waals surface area contributed by atoms with Crippen molar-refractivity contribution < 1.29 is 19.4 Å². The first kappa shape index (κ1) is 11.9. The van der Waals surface area contributed by atoms with E-state index in [9.17, 15) is 4.79 Å². The molecule has 4 heteroatoms. The molecule has 0 bridgehead atoms. The highest BCUT2D eigenvalue weighted by Crippen LogP contribution is 2.38. The van der Waals surface area contributed by atoms with E-state index in [-0.39, 0.29) is 13.2 Å². The fourth-order valence-corrected chi connectivity index (χ4v) is 2.13. The Morgan fingerprint density at radius 3 is 2.94 bits per heavy atom. The van der Waals surface area contributed by atoms with Crippen molar-refractivity contribution in [3.8, 4) is 5.75 Å². The number of aliphatic carboxylic acids is 1. The maximum atomic E-state index is 10.9. The molecule has 4 nitrogen and oxygen atoms in total. The molecule has 0 saturated carbocycles. The fourth-order valence-electron chi connectivity index (χ4n) is 2.13. The highest BCUT2D eigenvalue weighted by molar-refractivity contribution is 5.69. The molecule has 0 amide bonds. The van der Waals surface area contributed by atoms with Crippen molar-refractivity contribution in [2.45, 2.75) is 32.3 Å². The van der Waals surface area contributed by atoms with Crippen LogP contribution in [0.3, 0.4) is 0 Å². The van der Waals surface area contributed by atoms with Crippen LogP contribution >= 0.6 is 0 Å². The molecule has 17 heavy (non-hydrogen) atoms. The van der Waals surface area contributed by atoms with Crippen molar-refractivity contribution in [2.24, 2.45) is 0 Å². The predicted molar refractivity (Wildman–Crippen MR) is 62.0 cm³/mol. The third-order valence-electron chi connectivity index (χ3n) is 2.96. The number of hydrogen-bond acceptors (Lipinski definition) is 3. The lowest BCUT2D eigenvalue weighted by atomic mass is 9.80. The van der Waals surface area contributed by atoms with Gasteiger partial charge >= 0.3 is 5.97 Å². The number of carboxylic acids is 1. The SMILES string of the molecule is CC(C)(CC(=O)O)c1cccc2c1OCOC2. The lowest BCUT2D eigenvalue weighted by Crippen LogP contribution is -2.24. The van der Waals surface area contributed by atoms with Gasteiger partial charge in [-0.25, -0.2) is 0 Å². The fraction of sp³-hybridized carbons (Fsp3) is 0.462. The summed E-state index contributed by atoms with van der Waals surface area (Å²) in [6.45, 7) is 4.57. The molecule has 0 radical (unpaired) electrons. The number of ether oxygens (including phenoxy) is 2. The first-order valence-electron chi connectivity index (χ1n) is 5.55. The Morgan fingerprint density at radius 1 is 1.47 bits per heavy atom. The summed E-state index contributed by atoms with van der Waals surface area (Å²) in [5.74, 6) is -0.0235. The van der Waals surface area contributed by atoms with Crippen molar-refractivity contribution in [2.75, 3.05) is 6.79 Å². The number of carboxylic acid groups (broad SMARTS) is 1. The largest absolute Gasteiger partial charge is 0.481 e. The van der Waals surface area contributed by atoms with Crippen LogP contribution in [0.1, 0.15) is 31.4 Å². The van der Waals surface area contributed by atoms with Crippen molar-refractivity contribution >= 4 is 5.97 Å². The van der Waals surface area contributed by atoms with E-state index < -0.39 is 11.4 Å². The van der Waals surface area contributed by atoms with Gasteiger partial charge in [0.2, 0.25) is 0 Å². The van der Waals surface area contributed by atoms with Crippen LogP contribution in [-0.2, 0) is 21.6 Å². The zero-order valence-corrected chi connectivity index (χ0v) is 10.0. The zero-order chi connectivity index (χ0) is 12.5. The molecule has 1 aromatic rings. The van der Waals surface area contributed by atoms with Crippen molar-refractivity contribution in [3.63, 3.8) is 0 Å². The van der Waals surface area contributed by atoms with E-state index in [0.717, 1.165) is 16.9 Å². The molecule has 0 spiro atoms. The van der Waals surface area contributed by atoms with Crippen molar-refractivity contribution in [1.82, 2.24) is 0 Å². The van der Waals surface area contributed by atoms with E-state index in [1.54, 1.807) is 0 Å². The number of rotatable bonds is 3. The smallest absolute Gasteiger partial charge is 0.304 e. The molecule has 0 unspecified atom stereocenters. The Labute approximate surface area is 100 Å². The number of hydrogen-bond donors (Lipinski definition) is 1. The summed E-state index contributed by atoms with van der Waals surface area (Å²) in [5, 5.41) is 8.95. The number of carbonyl (C=O) groups is 1. The van der Waals surface area contributed by atoms with Crippen LogP contribution < -0.4 is 4.74 Å². The first-order chi connectivity index (χ1) is 8.00. The second-order valence-corrected chi connectivity index (χ2v) is 4.86. The Balaban J connectivity index is 2.41. The normalized spacial score (nSPS) is 14.9. The predicted octanol–water partition coefficient (Wildman–Crippen LogP) is 2.31. The summed E-state index contributed by atoms with van der Waals surface area (Å²) >= 11 is 0. The second kappa shape index (κ2) is 4.37. The molecule has 2 rings (SSSR count). The van der Waals surface area contributed by atoms with Crippen molar-refractivity contribution in [1.29, 1.82) is 0 Å². The molecule has 1 N–H and O–H groups in total. The van der Waals surface area contributed by atoms with E-state index in [4.69, 9.17) is 14.6 Å². The van der Waals surface area contributed by atoms with E-state index >= 15 is 0 Å². The summed E-state index contributed by atoms with van der Waals surface area (Å²) in [4.78, 5) is 10.9. The number of fused-ring (bicyclic) bond motifs is 1. The van der Waals surface area contributed by atoms with Crippen LogP contribution in [0.5, 0.6) is 5.75 Å². The molecule has 0 aliphatic carbocycles. The minimum absolute atomic E-state index is 0.0771. The molecule has 0 fully saturated rings. The van der Waals surface area contributed by atoms with Crippen LogP contribution in [0.25, 0.3) is 0 Å². The van der Waals surface area contributed by atoms with E-state index in [1.807, 2.05) is 32.0 Å². The quantitative estimate of drug-likeness (QED) is 0.874. The first-order valence-corrected chi connectivity index (χ1v) is 5.55. The van der Waals surface area contributed by atoms with Gasteiger partial charge in [0.1, 0.15) is 5.75 Å². The maximum absolute atomic E-state index is 10.9. The standard InChI is InChI=1S/C13H16O4/c1-13(2,6-11(14)15)10-5-3-4-9-7-16-8-17-12(9)10/h3-5H,6-8H2,1-2H3,(H,14,15). The molecule has 1 heterocycles. The summed E-state index contributed by atoms with van der Waals surface area (Å²) in [6, 6.07) is 5.78. The average molecular weight is 236 g/mol. The topological polar surface area (TPSA) is 55.8 Å². The number of benzene rings is 1. The molecule has 92 valence electrons. The summed E-state index contributed by atoms with van der Waals surface area (Å²) in [7, 11) is 0. The monoisotopic (exact) mass is 236 g/mol. The molecular formula is C13H16O4. The van der Waals surface area contributed by atoms with E-state index in [2.05, 4.69) is 0 Å². The highest BCUT2D eigenvalue weighted by atomic mass is 16.7. The van der Waals surface area contributed by atoms with Gasteiger partial charge in [-0.2, -0.15) is 0 Å². The van der Waals surface area contributed by atoms with Gasteiger partial charge in [-0.05, 0) is 0 Å². The van der Waals surface area contributed by atoms with Crippen LogP contribution in [0, 0.1) is 0 Å². The van der Waals surface area contributed by atoms with E-state index in [1.165, 1.54) is 0 Å². The third kappa shape index (κ3) is 2.42. The van der Waals surface area contributed by atoms with Gasteiger partial charge < -0.3 is 14.6 Å². The lowest BCUT2D eigenvalue weighted by molar-refractivity contribution is -0.138. The molecule has 1 aliphatic heterocycles. The van der Waals surface area contributed by atoms with Crippen LogP contribution in [0.4, 0.5) is 0 Å². The van der Waals surface area contributed by atoms with Gasteiger partial charge in [0.05, 0.1) is 13.0 Å². The van der Waals surface area contributed by atoms with Crippen LogP contribution in [-0.4, -0.2) is 17.9 Å². The second-order valence-electron chi connectivity index (χ2n) is 4.86. The van der Waals surface area contributed by atoms with E-state index in [0.29, 0.717) is 6.61 Å². The molecule has 0 aromatic heterocycles. The molecule has 0 atom stereocenters. The zero-order valence-electron chi connectivity index (χ0n) is 10.0. The highest BCUT2D eigenvalue weighted by Gasteiger charge is 2.29. The molecule has 1 aliphatic rings. The molecule has 1 aromatic carbocycles.